The predicted octanol–water partition coefficient (Wildman–Crippen LogP) is 2.29. The van der Waals surface area contributed by atoms with Gasteiger partial charge in [-0.3, -0.25) is 9.69 Å². The third kappa shape index (κ3) is 5.11. The van der Waals surface area contributed by atoms with Crippen LogP contribution in [-0.4, -0.2) is 59.1 Å². The highest BCUT2D eigenvalue weighted by atomic mass is 16.4. The summed E-state index contributed by atoms with van der Waals surface area (Å²) < 4.78 is 0. The standard InChI is InChI=1S/C15H30N2O2/c1-5-16(11-13(4)15(18)19)14-7-6-9-17(10-8-14)12(2)3/h12-14H,5-11H2,1-4H3,(H,18,19). The van der Waals surface area contributed by atoms with Crippen molar-refractivity contribution in [2.24, 2.45) is 5.92 Å². The molecule has 1 N–H and O–H groups in total. The van der Waals surface area contributed by atoms with Crippen molar-refractivity contribution < 1.29 is 9.90 Å². The molecule has 0 aromatic carbocycles. The molecule has 1 aliphatic rings. The lowest BCUT2D eigenvalue weighted by molar-refractivity contribution is -0.141. The Balaban J connectivity index is 2.54. The minimum atomic E-state index is -0.684. The molecule has 0 amide bonds. The topological polar surface area (TPSA) is 43.8 Å². The number of aliphatic carboxylic acids is 1. The van der Waals surface area contributed by atoms with Gasteiger partial charge in [0.05, 0.1) is 5.92 Å². The minimum absolute atomic E-state index is 0.274. The first-order chi connectivity index (χ1) is 8.95. The molecule has 1 aliphatic heterocycles. The van der Waals surface area contributed by atoms with Gasteiger partial charge in [-0.1, -0.05) is 13.8 Å². The zero-order chi connectivity index (χ0) is 14.4. The van der Waals surface area contributed by atoms with E-state index in [9.17, 15) is 4.79 Å². The maximum absolute atomic E-state index is 11.0. The van der Waals surface area contributed by atoms with E-state index in [1.54, 1.807) is 0 Å². The number of carboxylic acid groups (broad SMARTS) is 1. The first-order valence-electron chi connectivity index (χ1n) is 7.66. The second-order valence-electron chi connectivity index (χ2n) is 6.04. The van der Waals surface area contributed by atoms with Crippen LogP contribution in [0.4, 0.5) is 0 Å². The lowest BCUT2D eigenvalue weighted by Gasteiger charge is -2.31. The van der Waals surface area contributed by atoms with E-state index in [1.165, 1.54) is 25.8 Å². The molecule has 0 aliphatic carbocycles. The normalized spacial score (nSPS) is 23.6. The van der Waals surface area contributed by atoms with Crippen LogP contribution >= 0.6 is 0 Å². The highest BCUT2D eigenvalue weighted by molar-refractivity contribution is 5.69. The lowest BCUT2D eigenvalue weighted by Crippen LogP contribution is -2.40. The first-order valence-corrected chi connectivity index (χ1v) is 7.66. The molecular weight excluding hydrogens is 240 g/mol. The van der Waals surface area contributed by atoms with Crippen LogP contribution in [0, 0.1) is 5.92 Å². The summed E-state index contributed by atoms with van der Waals surface area (Å²) in [5.41, 5.74) is 0. The van der Waals surface area contributed by atoms with Crippen LogP contribution in [0.15, 0.2) is 0 Å². The summed E-state index contributed by atoms with van der Waals surface area (Å²) in [6, 6.07) is 1.17. The molecule has 1 fully saturated rings. The highest BCUT2D eigenvalue weighted by Crippen LogP contribution is 2.19. The summed E-state index contributed by atoms with van der Waals surface area (Å²) in [4.78, 5) is 15.9. The number of hydrogen-bond donors (Lipinski definition) is 1. The number of carbonyl (C=O) groups is 1. The second-order valence-corrected chi connectivity index (χ2v) is 6.04. The van der Waals surface area contributed by atoms with Gasteiger partial charge in [0.25, 0.3) is 0 Å². The molecule has 112 valence electrons. The monoisotopic (exact) mass is 270 g/mol. The zero-order valence-electron chi connectivity index (χ0n) is 12.9. The van der Waals surface area contributed by atoms with E-state index in [2.05, 4.69) is 30.6 Å². The van der Waals surface area contributed by atoms with Gasteiger partial charge >= 0.3 is 5.97 Å². The van der Waals surface area contributed by atoms with Crippen molar-refractivity contribution in [3.8, 4) is 0 Å². The molecular formula is C15H30N2O2. The van der Waals surface area contributed by atoms with Gasteiger partial charge in [0.15, 0.2) is 0 Å². The van der Waals surface area contributed by atoms with Crippen LogP contribution in [0.3, 0.4) is 0 Å². The molecule has 2 atom stereocenters. The molecule has 2 unspecified atom stereocenters. The van der Waals surface area contributed by atoms with Crippen LogP contribution in [0.5, 0.6) is 0 Å². The van der Waals surface area contributed by atoms with Gasteiger partial charge in [0.2, 0.25) is 0 Å². The molecule has 19 heavy (non-hydrogen) atoms. The van der Waals surface area contributed by atoms with E-state index >= 15 is 0 Å². The summed E-state index contributed by atoms with van der Waals surface area (Å²) in [6.07, 6.45) is 3.59. The largest absolute Gasteiger partial charge is 0.481 e. The van der Waals surface area contributed by atoms with Crippen molar-refractivity contribution in [3.05, 3.63) is 0 Å². The maximum Gasteiger partial charge on any atom is 0.307 e. The minimum Gasteiger partial charge on any atom is -0.481 e. The van der Waals surface area contributed by atoms with Gasteiger partial charge in [-0.15, -0.1) is 0 Å². The molecule has 0 radical (unpaired) electrons. The van der Waals surface area contributed by atoms with E-state index in [1.807, 2.05) is 6.92 Å². The van der Waals surface area contributed by atoms with E-state index in [0.717, 1.165) is 13.1 Å². The Morgan fingerprint density at radius 1 is 1.32 bits per heavy atom. The number of carboxylic acids is 1. The Labute approximate surface area is 117 Å². The lowest BCUT2D eigenvalue weighted by atomic mass is 10.0. The summed E-state index contributed by atoms with van der Waals surface area (Å²) >= 11 is 0. The van der Waals surface area contributed by atoms with Crippen LogP contribution < -0.4 is 0 Å². The van der Waals surface area contributed by atoms with Gasteiger partial charge < -0.3 is 10.0 Å². The molecule has 0 aromatic heterocycles. The number of nitrogens with zero attached hydrogens (tertiary/aromatic N) is 2. The molecule has 4 nitrogen and oxygen atoms in total. The quantitative estimate of drug-likeness (QED) is 0.804. The van der Waals surface area contributed by atoms with Crippen LogP contribution in [0.25, 0.3) is 0 Å². The van der Waals surface area contributed by atoms with Gasteiger partial charge in [0.1, 0.15) is 0 Å². The fraction of sp³-hybridized carbons (Fsp3) is 0.933. The Hall–Kier alpha value is -0.610. The fourth-order valence-corrected chi connectivity index (χ4v) is 2.95. The molecule has 0 aromatic rings. The molecule has 1 heterocycles. The van der Waals surface area contributed by atoms with Crippen molar-refractivity contribution in [2.45, 2.75) is 59.0 Å². The van der Waals surface area contributed by atoms with Crippen molar-refractivity contribution in [3.63, 3.8) is 0 Å². The van der Waals surface area contributed by atoms with Gasteiger partial charge in [-0.25, -0.2) is 0 Å². The predicted molar refractivity (Wildman–Crippen MR) is 78.4 cm³/mol. The summed E-state index contributed by atoms with van der Waals surface area (Å²) in [7, 11) is 0. The average molecular weight is 270 g/mol. The van der Waals surface area contributed by atoms with Crippen molar-refractivity contribution in [1.82, 2.24) is 9.80 Å². The molecule has 4 heteroatoms. The average Bonchev–Trinajstić information content (AvgIpc) is 2.61. The van der Waals surface area contributed by atoms with Crippen LogP contribution in [-0.2, 0) is 4.79 Å². The maximum atomic E-state index is 11.0. The number of hydrogen-bond acceptors (Lipinski definition) is 3. The van der Waals surface area contributed by atoms with Crippen LogP contribution in [0.2, 0.25) is 0 Å². The van der Waals surface area contributed by atoms with Gasteiger partial charge in [0, 0.05) is 18.6 Å². The molecule has 0 spiro atoms. The van der Waals surface area contributed by atoms with Gasteiger partial charge in [-0.05, 0) is 52.7 Å². The Kier molecular flexibility index (Phi) is 6.80. The van der Waals surface area contributed by atoms with Crippen molar-refractivity contribution >= 4 is 5.97 Å². The summed E-state index contributed by atoms with van der Waals surface area (Å²) in [6.45, 7) is 12.4. The third-order valence-electron chi connectivity index (χ3n) is 4.32. The first kappa shape index (κ1) is 16.4. The fourth-order valence-electron chi connectivity index (χ4n) is 2.95. The summed E-state index contributed by atoms with van der Waals surface area (Å²) in [5, 5.41) is 9.06. The second kappa shape index (κ2) is 7.85. The number of rotatable bonds is 6. The zero-order valence-corrected chi connectivity index (χ0v) is 12.9. The smallest absolute Gasteiger partial charge is 0.307 e. The van der Waals surface area contributed by atoms with Crippen molar-refractivity contribution in [2.75, 3.05) is 26.2 Å². The van der Waals surface area contributed by atoms with Crippen LogP contribution in [0.1, 0.15) is 47.0 Å². The third-order valence-corrected chi connectivity index (χ3v) is 4.32. The Morgan fingerprint density at radius 2 is 2.00 bits per heavy atom. The van der Waals surface area contributed by atoms with E-state index in [0.29, 0.717) is 18.6 Å². The van der Waals surface area contributed by atoms with E-state index in [-0.39, 0.29) is 5.92 Å². The molecule has 1 rings (SSSR count). The Bertz CT molecular complexity index is 281. The van der Waals surface area contributed by atoms with Gasteiger partial charge in [-0.2, -0.15) is 0 Å². The van der Waals surface area contributed by atoms with Crippen molar-refractivity contribution in [1.29, 1.82) is 0 Å². The molecule has 0 bridgehead atoms. The van der Waals surface area contributed by atoms with E-state index < -0.39 is 5.97 Å². The Morgan fingerprint density at radius 3 is 2.53 bits per heavy atom. The SMILES string of the molecule is CCN(CC(C)C(=O)O)C1CCCN(C(C)C)CC1. The molecule has 0 saturated carbocycles. The molecule has 1 saturated heterocycles. The highest BCUT2D eigenvalue weighted by Gasteiger charge is 2.25. The summed E-state index contributed by atoms with van der Waals surface area (Å²) in [5.74, 6) is -0.958. The van der Waals surface area contributed by atoms with E-state index in [4.69, 9.17) is 5.11 Å². The number of likely N-dealkylation sites (tertiary alicyclic amines) is 1.